The number of carbonyl (C=O) groups is 1. The van der Waals surface area contributed by atoms with Gasteiger partial charge in [0.05, 0.1) is 11.2 Å². The van der Waals surface area contributed by atoms with Crippen molar-refractivity contribution in [1.29, 1.82) is 5.26 Å². The molecule has 1 aromatic heterocycles. The van der Waals surface area contributed by atoms with Gasteiger partial charge in [0, 0.05) is 31.4 Å². The molecule has 2 atom stereocenters. The molecule has 4 rings (SSSR count). The average molecular weight is 426 g/mol. The van der Waals surface area contributed by atoms with E-state index in [1.54, 1.807) is 17.2 Å². The van der Waals surface area contributed by atoms with Crippen LogP contribution in [0.2, 0.25) is 0 Å². The Balaban J connectivity index is 1.38. The van der Waals surface area contributed by atoms with Gasteiger partial charge in [-0.3, -0.25) is 4.79 Å². The first-order valence-electron chi connectivity index (χ1n) is 10.3. The van der Waals surface area contributed by atoms with Gasteiger partial charge in [0.1, 0.15) is 18.5 Å². The minimum atomic E-state index is -0.909. The number of piperazine rings is 1. The van der Waals surface area contributed by atoms with Crippen LogP contribution in [0.4, 0.5) is 14.6 Å². The van der Waals surface area contributed by atoms with E-state index in [0.29, 0.717) is 37.1 Å². The zero-order chi connectivity index (χ0) is 22.2. The molecule has 1 aliphatic heterocycles. The highest BCUT2D eigenvalue weighted by atomic mass is 19.2. The van der Waals surface area contributed by atoms with E-state index in [1.165, 1.54) is 6.07 Å². The van der Waals surface area contributed by atoms with Crippen LogP contribution in [0.25, 0.3) is 0 Å². The molecule has 2 fully saturated rings. The molecule has 0 N–H and O–H groups in total. The van der Waals surface area contributed by atoms with E-state index in [4.69, 9.17) is 10.00 Å². The van der Waals surface area contributed by atoms with Gasteiger partial charge in [-0.1, -0.05) is 6.07 Å². The number of aromatic nitrogens is 1. The molecule has 0 spiro atoms. The van der Waals surface area contributed by atoms with Gasteiger partial charge in [0.2, 0.25) is 5.91 Å². The fourth-order valence-electron chi connectivity index (χ4n) is 4.11. The number of hydrogen-bond acceptors (Lipinski definition) is 5. The van der Waals surface area contributed by atoms with Crippen molar-refractivity contribution in [3.8, 4) is 6.07 Å². The number of nitriles is 1. The highest BCUT2D eigenvalue weighted by Crippen LogP contribution is 2.49. The molecule has 2 aromatic rings. The fourth-order valence-corrected chi connectivity index (χ4v) is 4.11. The number of nitrogens with zero attached hydrogens (tertiary/aromatic N) is 4. The Kier molecular flexibility index (Phi) is 5.63. The molecule has 31 heavy (non-hydrogen) atoms. The van der Waals surface area contributed by atoms with E-state index < -0.39 is 17.2 Å². The van der Waals surface area contributed by atoms with Crippen LogP contribution >= 0.6 is 0 Å². The summed E-state index contributed by atoms with van der Waals surface area (Å²) in [5, 5.41) is 8.94. The lowest BCUT2D eigenvalue weighted by Gasteiger charge is -2.44. The summed E-state index contributed by atoms with van der Waals surface area (Å²) in [6.45, 7) is 5.02. The number of carbonyl (C=O) groups excluding carboxylic acids is 1. The number of rotatable bonds is 5. The number of ether oxygens (including phenoxy) is 1. The van der Waals surface area contributed by atoms with Gasteiger partial charge in [-0.2, -0.15) is 5.26 Å². The van der Waals surface area contributed by atoms with Gasteiger partial charge in [-0.15, -0.1) is 0 Å². The number of hydrogen-bond donors (Lipinski definition) is 0. The predicted octanol–water partition coefficient (Wildman–Crippen LogP) is 3.36. The van der Waals surface area contributed by atoms with Gasteiger partial charge in [0.15, 0.2) is 11.6 Å². The zero-order valence-electron chi connectivity index (χ0n) is 17.5. The van der Waals surface area contributed by atoms with E-state index >= 15 is 0 Å². The molecule has 1 amide bonds. The quantitative estimate of drug-likeness (QED) is 0.733. The van der Waals surface area contributed by atoms with Crippen LogP contribution < -0.4 is 4.90 Å². The third-order valence-corrected chi connectivity index (χ3v) is 6.10. The van der Waals surface area contributed by atoms with Gasteiger partial charge in [-0.25, -0.2) is 13.8 Å². The van der Waals surface area contributed by atoms with Gasteiger partial charge in [0.25, 0.3) is 0 Å². The maximum atomic E-state index is 13.6. The number of anilines is 1. The highest BCUT2D eigenvalue weighted by Gasteiger charge is 2.47. The van der Waals surface area contributed by atoms with E-state index in [1.807, 2.05) is 19.9 Å². The topological polar surface area (TPSA) is 69.5 Å². The summed E-state index contributed by atoms with van der Waals surface area (Å²) in [4.78, 5) is 21.2. The summed E-state index contributed by atoms with van der Waals surface area (Å²) >= 11 is 0. The number of halogens is 2. The van der Waals surface area contributed by atoms with Crippen LogP contribution in [0, 0.1) is 23.0 Å². The van der Waals surface area contributed by atoms with Crippen molar-refractivity contribution in [2.45, 2.75) is 44.4 Å². The molecule has 1 saturated carbocycles. The van der Waals surface area contributed by atoms with Crippen molar-refractivity contribution < 1.29 is 18.3 Å². The molecule has 1 aliphatic carbocycles. The van der Waals surface area contributed by atoms with E-state index in [9.17, 15) is 13.6 Å². The van der Waals surface area contributed by atoms with Crippen LogP contribution in [-0.2, 0) is 15.1 Å². The molecule has 2 aliphatic rings. The van der Waals surface area contributed by atoms with E-state index in [2.05, 4.69) is 16.0 Å². The molecule has 2 heterocycles. The average Bonchev–Trinajstić information content (AvgIpc) is 3.56. The second-order valence-electron chi connectivity index (χ2n) is 8.33. The van der Waals surface area contributed by atoms with Crippen LogP contribution in [0.15, 0.2) is 36.5 Å². The summed E-state index contributed by atoms with van der Waals surface area (Å²) in [6, 6.07) is 9.37. The number of benzene rings is 1. The Morgan fingerprint density at radius 3 is 2.58 bits per heavy atom. The third-order valence-electron chi connectivity index (χ3n) is 6.10. The molecule has 0 radical (unpaired) electrons. The summed E-state index contributed by atoms with van der Waals surface area (Å²) in [5.41, 5.74) is 0.371. The molecule has 6 nitrogen and oxygen atoms in total. The second-order valence-corrected chi connectivity index (χ2v) is 8.33. The highest BCUT2D eigenvalue weighted by molar-refractivity contribution is 5.78. The molecular formula is C23H24F2N4O2. The lowest BCUT2D eigenvalue weighted by atomic mass is 10.1. The van der Waals surface area contributed by atoms with Crippen LogP contribution in [-0.4, -0.2) is 47.6 Å². The van der Waals surface area contributed by atoms with Crippen LogP contribution in [0.5, 0.6) is 0 Å². The SMILES string of the molecule is C[C@H]1CN(c2ccc(C#N)cn2)[C@@H](C)CN1C(=O)COC1(c2ccc(F)c(F)c2)CC1. The Bertz CT molecular complexity index is 1020. The number of pyridine rings is 1. The summed E-state index contributed by atoms with van der Waals surface area (Å²) in [7, 11) is 0. The molecule has 0 unspecified atom stereocenters. The minimum Gasteiger partial charge on any atom is -0.360 e. The molecule has 1 aromatic carbocycles. The molecule has 1 saturated heterocycles. The van der Waals surface area contributed by atoms with Crippen molar-refractivity contribution >= 4 is 11.7 Å². The summed E-state index contributed by atoms with van der Waals surface area (Å²) in [5.74, 6) is -1.15. The van der Waals surface area contributed by atoms with Crippen molar-refractivity contribution in [1.82, 2.24) is 9.88 Å². The zero-order valence-corrected chi connectivity index (χ0v) is 17.5. The predicted molar refractivity (Wildman–Crippen MR) is 110 cm³/mol. The summed E-state index contributed by atoms with van der Waals surface area (Å²) < 4.78 is 32.8. The molecule has 0 bridgehead atoms. The Hall–Kier alpha value is -3.05. The largest absolute Gasteiger partial charge is 0.360 e. The van der Waals surface area contributed by atoms with Crippen molar-refractivity contribution in [3.63, 3.8) is 0 Å². The Morgan fingerprint density at radius 2 is 1.97 bits per heavy atom. The fraction of sp³-hybridized carbons (Fsp3) is 0.435. The third kappa shape index (κ3) is 4.23. The van der Waals surface area contributed by atoms with Crippen LogP contribution in [0.1, 0.15) is 37.8 Å². The summed E-state index contributed by atoms with van der Waals surface area (Å²) in [6.07, 6.45) is 2.90. The Morgan fingerprint density at radius 1 is 1.19 bits per heavy atom. The van der Waals surface area contributed by atoms with Crippen molar-refractivity contribution in [2.75, 3.05) is 24.6 Å². The smallest absolute Gasteiger partial charge is 0.248 e. The van der Waals surface area contributed by atoms with Crippen molar-refractivity contribution in [3.05, 3.63) is 59.3 Å². The van der Waals surface area contributed by atoms with Crippen LogP contribution in [0.3, 0.4) is 0 Å². The van der Waals surface area contributed by atoms with E-state index in [0.717, 1.165) is 18.0 Å². The van der Waals surface area contributed by atoms with E-state index in [-0.39, 0.29) is 24.6 Å². The standard InChI is InChI=1S/C23H24F2N4O2/c1-15-13-29(16(2)12-28(15)21-6-3-17(10-26)11-27-21)22(30)14-31-23(7-8-23)18-4-5-19(24)20(25)9-18/h3-6,9,11,15-16H,7-8,12-14H2,1-2H3/t15-,16-/m0/s1. The van der Waals surface area contributed by atoms with Gasteiger partial charge < -0.3 is 14.5 Å². The lowest BCUT2D eigenvalue weighted by molar-refractivity contribution is -0.142. The molecular weight excluding hydrogens is 402 g/mol. The minimum absolute atomic E-state index is 0.0432. The molecule has 162 valence electrons. The maximum absolute atomic E-state index is 13.6. The van der Waals surface area contributed by atoms with Gasteiger partial charge in [-0.05, 0) is 56.5 Å². The first kappa shape index (κ1) is 21.2. The first-order chi connectivity index (χ1) is 14.8. The van der Waals surface area contributed by atoms with Crippen molar-refractivity contribution in [2.24, 2.45) is 0 Å². The molecule has 8 heteroatoms. The lowest BCUT2D eigenvalue weighted by Crippen LogP contribution is -2.59. The Labute approximate surface area is 180 Å². The monoisotopic (exact) mass is 426 g/mol. The second kappa shape index (κ2) is 8.23. The normalized spacial score (nSPS) is 22.2. The maximum Gasteiger partial charge on any atom is 0.248 e. The first-order valence-corrected chi connectivity index (χ1v) is 10.3. The number of amides is 1. The van der Waals surface area contributed by atoms with Gasteiger partial charge >= 0.3 is 0 Å².